The second kappa shape index (κ2) is 4.78. The van der Waals surface area contributed by atoms with E-state index in [-0.39, 0.29) is 6.42 Å². The number of aromatic nitrogens is 1. The second-order valence-electron chi connectivity index (χ2n) is 3.35. The van der Waals surface area contributed by atoms with Gasteiger partial charge in [-0.15, -0.1) is 0 Å². The fourth-order valence-electron chi connectivity index (χ4n) is 1.46. The van der Waals surface area contributed by atoms with Crippen molar-refractivity contribution >= 4 is 11.6 Å². The Hall–Kier alpha value is -1.85. The minimum Gasteiger partial charge on any atom is -0.258 e. The summed E-state index contributed by atoms with van der Waals surface area (Å²) in [7, 11) is 0. The third-order valence-corrected chi connectivity index (χ3v) is 2.60. The van der Waals surface area contributed by atoms with E-state index in [1.54, 1.807) is 6.20 Å². The van der Waals surface area contributed by atoms with Crippen LogP contribution in [0.25, 0.3) is 11.1 Å². The molecule has 0 unspecified atom stereocenters. The van der Waals surface area contributed by atoms with Crippen LogP contribution < -0.4 is 0 Å². The highest BCUT2D eigenvalue weighted by Gasteiger charge is 2.04. The van der Waals surface area contributed by atoms with E-state index in [9.17, 15) is 0 Å². The third-order valence-electron chi connectivity index (χ3n) is 2.27. The van der Waals surface area contributed by atoms with Crippen LogP contribution in [0.4, 0.5) is 0 Å². The number of hydrogen-bond donors (Lipinski definition) is 0. The zero-order valence-electron chi connectivity index (χ0n) is 8.52. The normalized spacial score (nSPS) is 9.75. The maximum absolute atomic E-state index is 8.58. The smallest absolute Gasteiger partial charge is 0.0789 e. The first-order chi connectivity index (χ1) is 7.81. The highest BCUT2D eigenvalue weighted by molar-refractivity contribution is 6.31. The average molecular weight is 229 g/mol. The van der Waals surface area contributed by atoms with Gasteiger partial charge in [-0.1, -0.05) is 41.9 Å². The van der Waals surface area contributed by atoms with E-state index in [4.69, 9.17) is 16.9 Å². The van der Waals surface area contributed by atoms with Crippen LogP contribution in [0.2, 0.25) is 5.02 Å². The molecule has 0 atom stereocenters. The van der Waals surface area contributed by atoms with Gasteiger partial charge < -0.3 is 0 Å². The highest BCUT2D eigenvalue weighted by atomic mass is 35.5. The summed E-state index contributed by atoms with van der Waals surface area (Å²) in [5.41, 5.74) is 2.66. The Morgan fingerprint density at radius 2 is 1.94 bits per heavy atom. The summed E-state index contributed by atoms with van der Waals surface area (Å²) in [4.78, 5) is 4.19. The number of benzene rings is 1. The van der Waals surface area contributed by atoms with E-state index in [0.717, 1.165) is 11.1 Å². The van der Waals surface area contributed by atoms with Crippen LogP contribution in [0.5, 0.6) is 0 Å². The fourth-order valence-corrected chi connectivity index (χ4v) is 1.69. The van der Waals surface area contributed by atoms with Crippen molar-refractivity contribution in [3.63, 3.8) is 0 Å². The lowest BCUT2D eigenvalue weighted by molar-refractivity contribution is 1.12. The maximum atomic E-state index is 8.58. The van der Waals surface area contributed by atoms with Crippen LogP contribution in [0.15, 0.2) is 42.6 Å². The van der Waals surface area contributed by atoms with Crippen molar-refractivity contribution < 1.29 is 0 Å². The Morgan fingerprint density at radius 1 is 1.19 bits per heavy atom. The first-order valence-electron chi connectivity index (χ1n) is 4.88. The van der Waals surface area contributed by atoms with Gasteiger partial charge in [-0.3, -0.25) is 4.98 Å². The Balaban J connectivity index is 2.39. The van der Waals surface area contributed by atoms with E-state index in [1.807, 2.05) is 42.5 Å². The van der Waals surface area contributed by atoms with E-state index < -0.39 is 0 Å². The molecular weight excluding hydrogens is 220 g/mol. The molecular formula is C13H9ClN2. The van der Waals surface area contributed by atoms with Gasteiger partial charge in [0.05, 0.1) is 23.2 Å². The van der Waals surface area contributed by atoms with Gasteiger partial charge in [0, 0.05) is 11.8 Å². The van der Waals surface area contributed by atoms with Gasteiger partial charge in [-0.2, -0.15) is 5.26 Å². The molecule has 2 rings (SSSR count). The summed E-state index contributed by atoms with van der Waals surface area (Å²) in [5.74, 6) is 0. The largest absolute Gasteiger partial charge is 0.258 e. The van der Waals surface area contributed by atoms with Crippen LogP contribution in [-0.2, 0) is 6.42 Å². The quantitative estimate of drug-likeness (QED) is 0.789. The molecule has 0 bridgehead atoms. The molecule has 2 nitrogen and oxygen atoms in total. The summed E-state index contributed by atoms with van der Waals surface area (Å²) < 4.78 is 0. The van der Waals surface area contributed by atoms with Gasteiger partial charge in [-0.25, -0.2) is 0 Å². The summed E-state index contributed by atoms with van der Waals surface area (Å²) >= 11 is 6.04. The molecule has 0 saturated carbocycles. The number of nitriles is 1. The van der Waals surface area contributed by atoms with Gasteiger partial charge in [0.15, 0.2) is 0 Å². The minimum absolute atomic E-state index is 0.244. The van der Waals surface area contributed by atoms with E-state index in [1.165, 1.54) is 0 Å². The molecule has 1 heterocycles. The number of nitrogens with zero attached hydrogens (tertiary/aromatic N) is 2. The Morgan fingerprint density at radius 3 is 2.56 bits per heavy atom. The zero-order chi connectivity index (χ0) is 11.4. The Kier molecular flexibility index (Phi) is 3.19. The summed E-state index contributed by atoms with van der Waals surface area (Å²) in [5, 5.41) is 9.13. The molecule has 0 N–H and O–H groups in total. The topological polar surface area (TPSA) is 36.7 Å². The lowest BCUT2D eigenvalue weighted by Crippen LogP contribution is -1.90. The number of pyridine rings is 1. The van der Waals surface area contributed by atoms with Crippen molar-refractivity contribution in [1.29, 1.82) is 5.26 Å². The fraction of sp³-hybridized carbons (Fsp3) is 0.0769. The summed E-state index contributed by atoms with van der Waals surface area (Å²) in [6.45, 7) is 0. The molecule has 0 spiro atoms. The molecule has 0 aliphatic heterocycles. The number of hydrogen-bond acceptors (Lipinski definition) is 2. The van der Waals surface area contributed by atoms with Crippen molar-refractivity contribution in [3.8, 4) is 17.2 Å². The molecule has 0 aliphatic carbocycles. The predicted octanol–water partition coefficient (Wildman–Crippen LogP) is 3.47. The lowest BCUT2D eigenvalue weighted by Gasteiger charge is -2.03. The van der Waals surface area contributed by atoms with Gasteiger partial charge in [0.25, 0.3) is 0 Å². The zero-order valence-corrected chi connectivity index (χ0v) is 9.28. The molecule has 78 valence electrons. The van der Waals surface area contributed by atoms with Crippen LogP contribution >= 0.6 is 11.6 Å². The van der Waals surface area contributed by atoms with Crippen LogP contribution in [-0.4, -0.2) is 4.98 Å². The molecule has 1 aromatic heterocycles. The monoisotopic (exact) mass is 228 g/mol. The van der Waals surface area contributed by atoms with Crippen LogP contribution in [0, 0.1) is 11.3 Å². The molecule has 0 radical (unpaired) electrons. The highest BCUT2D eigenvalue weighted by Crippen LogP contribution is 2.23. The number of halogens is 1. The molecule has 1 aromatic carbocycles. The maximum Gasteiger partial charge on any atom is 0.0789 e. The van der Waals surface area contributed by atoms with Crippen molar-refractivity contribution in [2.45, 2.75) is 6.42 Å². The van der Waals surface area contributed by atoms with Gasteiger partial charge >= 0.3 is 0 Å². The molecule has 16 heavy (non-hydrogen) atoms. The molecule has 0 aliphatic rings. The van der Waals surface area contributed by atoms with Gasteiger partial charge in [0.1, 0.15) is 0 Å². The standard InChI is InChI=1S/C13H9ClN2/c14-12-8-11(9-16-13(12)6-7-15)10-4-2-1-3-5-10/h1-5,8-9H,6H2. The summed E-state index contributed by atoms with van der Waals surface area (Å²) in [6, 6.07) is 13.8. The van der Waals surface area contributed by atoms with E-state index >= 15 is 0 Å². The molecule has 2 aromatic rings. The van der Waals surface area contributed by atoms with Crippen molar-refractivity contribution in [3.05, 3.63) is 53.3 Å². The van der Waals surface area contributed by atoms with Crippen molar-refractivity contribution in [1.82, 2.24) is 4.98 Å². The average Bonchev–Trinajstić information content (AvgIpc) is 2.33. The Labute approximate surface area is 99.1 Å². The van der Waals surface area contributed by atoms with Crippen LogP contribution in [0.3, 0.4) is 0 Å². The third kappa shape index (κ3) is 2.21. The lowest BCUT2D eigenvalue weighted by atomic mass is 10.1. The first-order valence-corrected chi connectivity index (χ1v) is 5.26. The SMILES string of the molecule is N#CCc1ncc(-c2ccccc2)cc1Cl. The van der Waals surface area contributed by atoms with E-state index in [0.29, 0.717) is 10.7 Å². The molecule has 0 amide bonds. The molecule has 0 fully saturated rings. The second-order valence-corrected chi connectivity index (χ2v) is 3.76. The van der Waals surface area contributed by atoms with Gasteiger partial charge in [0.2, 0.25) is 0 Å². The number of rotatable bonds is 2. The van der Waals surface area contributed by atoms with Gasteiger partial charge in [-0.05, 0) is 11.6 Å². The van der Waals surface area contributed by atoms with Crippen LogP contribution in [0.1, 0.15) is 5.69 Å². The Bertz CT molecular complexity index is 529. The molecule has 0 saturated heterocycles. The van der Waals surface area contributed by atoms with Crippen molar-refractivity contribution in [2.24, 2.45) is 0 Å². The summed E-state index contributed by atoms with van der Waals surface area (Å²) in [6.07, 6.45) is 1.99. The minimum atomic E-state index is 0.244. The first kappa shape index (κ1) is 10.7. The van der Waals surface area contributed by atoms with Crippen molar-refractivity contribution in [2.75, 3.05) is 0 Å². The molecule has 3 heteroatoms. The predicted molar refractivity (Wildman–Crippen MR) is 64.0 cm³/mol. The van der Waals surface area contributed by atoms with E-state index in [2.05, 4.69) is 4.98 Å².